The van der Waals surface area contributed by atoms with Crippen molar-refractivity contribution in [3.63, 3.8) is 0 Å². The molecule has 0 radical (unpaired) electrons. The Bertz CT molecular complexity index is 585. The van der Waals surface area contributed by atoms with E-state index in [2.05, 4.69) is 12.1 Å². The van der Waals surface area contributed by atoms with Crippen LogP contribution in [0.5, 0.6) is 0 Å². The molecule has 1 atom stereocenters. The van der Waals surface area contributed by atoms with E-state index in [1.165, 1.54) is 5.56 Å². The van der Waals surface area contributed by atoms with Crippen LogP contribution in [-0.4, -0.2) is 29.7 Å². The maximum absolute atomic E-state index is 12.6. The highest BCUT2D eigenvalue weighted by Crippen LogP contribution is 2.30. The molecule has 0 saturated carbocycles. The van der Waals surface area contributed by atoms with Gasteiger partial charge in [-0.25, -0.2) is 0 Å². The van der Waals surface area contributed by atoms with Gasteiger partial charge in [0.2, 0.25) is 5.91 Å². The molecule has 1 heterocycles. The van der Waals surface area contributed by atoms with Gasteiger partial charge in [-0.15, -0.1) is 0 Å². The minimum Gasteiger partial charge on any atom is -0.342 e. The largest absolute Gasteiger partial charge is 0.342 e. The number of Topliss-reactive ketones (excluding diaryl/α,β-unsaturated/α-hetero) is 1. The third kappa shape index (κ3) is 3.90. The van der Waals surface area contributed by atoms with Gasteiger partial charge in [-0.05, 0) is 44.1 Å². The predicted molar refractivity (Wildman–Crippen MR) is 91.0 cm³/mol. The number of carbonyl (C=O) groups excluding carboxylic acids is 2. The van der Waals surface area contributed by atoms with Crippen molar-refractivity contribution in [1.29, 1.82) is 0 Å². The molecule has 1 amide bonds. The number of aryl methyl sites for hydroxylation is 1. The lowest BCUT2D eigenvalue weighted by Gasteiger charge is -2.21. The van der Waals surface area contributed by atoms with Gasteiger partial charge in [-0.1, -0.05) is 36.4 Å². The topological polar surface area (TPSA) is 37.4 Å². The summed E-state index contributed by atoms with van der Waals surface area (Å²) in [5, 5.41) is 0. The number of nitrogens with zero attached hydrogens (tertiary/aromatic N) is 1. The predicted octanol–water partition coefficient (Wildman–Crippen LogP) is 3.54. The second kappa shape index (κ2) is 7.58. The lowest BCUT2D eigenvalue weighted by molar-refractivity contribution is -0.134. The van der Waals surface area contributed by atoms with E-state index in [0.29, 0.717) is 6.42 Å². The van der Waals surface area contributed by atoms with E-state index in [9.17, 15) is 9.59 Å². The van der Waals surface area contributed by atoms with E-state index in [-0.39, 0.29) is 17.6 Å². The zero-order valence-electron chi connectivity index (χ0n) is 13.7. The fourth-order valence-corrected chi connectivity index (χ4v) is 3.67. The van der Waals surface area contributed by atoms with Gasteiger partial charge in [0.05, 0.1) is 5.92 Å². The highest BCUT2D eigenvalue weighted by atomic mass is 16.2. The number of hydrogen-bond acceptors (Lipinski definition) is 2. The molecule has 0 N–H and O–H groups in total. The lowest BCUT2D eigenvalue weighted by Crippen LogP contribution is -2.34. The molecule has 23 heavy (non-hydrogen) atoms. The Morgan fingerprint density at radius 1 is 1.09 bits per heavy atom. The molecule has 1 unspecified atom stereocenters. The lowest BCUT2D eigenvalue weighted by atomic mass is 9.93. The zero-order valence-corrected chi connectivity index (χ0v) is 13.7. The third-order valence-corrected chi connectivity index (χ3v) is 4.94. The van der Waals surface area contributed by atoms with E-state index < -0.39 is 0 Å². The summed E-state index contributed by atoms with van der Waals surface area (Å²) >= 11 is 0. The van der Waals surface area contributed by atoms with Gasteiger partial charge in [-0.3, -0.25) is 9.59 Å². The summed E-state index contributed by atoms with van der Waals surface area (Å²) < 4.78 is 0. The van der Waals surface area contributed by atoms with E-state index >= 15 is 0 Å². The fraction of sp³-hybridized carbons (Fsp3) is 0.500. The summed E-state index contributed by atoms with van der Waals surface area (Å²) in [6.07, 6.45) is 8.20. The molecule has 2 aliphatic rings. The molecule has 1 saturated heterocycles. The molecule has 3 nitrogen and oxygen atoms in total. The van der Waals surface area contributed by atoms with Crippen molar-refractivity contribution in [2.75, 3.05) is 13.1 Å². The van der Waals surface area contributed by atoms with Crippen LogP contribution in [0.4, 0.5) is 0 Å². The monoisotopic (exact) mass is 311 g/mol. The van der Waals surface area contributed by atoms with Crippen LogP contribution < -0.4 is 0 Å². The summed E-state index contributed by atoms with van der Waals surface area (Å²) in [6.45, 7) is 1.73. The van der Waals surface area contributed by atoms with Crippen LogP contribution in [0.1, 0.15) is 44.1 Å². The third-order valence-electron chi connectivity index (χ3n) is 4.94. The molecule has 3 heteroatoms. The molecule has 1 aliphatic heterocycles. The zero-order chi connectivity index (χ0) is 16.1. The van der Waals surface area contributed by atoms with Crippen molar-refractivity contribution in [3.05, 3.63) is 47.5 Å². The van der Waals surface area contributed by atoms with Gasteiger partial charge in [0.15, 0.2) is 5.78 Å². The van der Waals surface area contributed by atoms with Crippen LogP contribution in [-0.2, 0) is 16.0 Å². The number of benzene rings is 1. The number of hydrogen-bond donors (Lipinski definition) is 0. The minimum atomic E-state index is -0.169. The van der Waals surface area contributed by atoms with Crippen molar-refractivity contribution in [2.45, 2.75) is 44.9 Å². The molecule has 1 aromatic carbocycles. The summed E-state index contributed by atoms with van der Waals surface area (Å²) in [4.78, 5) is 27.1. The molecule has 1 fully saturated rings. The Labute approximate surface area is 138 Å². The molecule has 3 rings (SSSR count). The molecule has 0 spiro atoms. The smallest absolute Gasteiger partial charge is 0.230 e. The molecule has 122 valence electrons. The van der Waals surface area contributed by atoms with Gasteiger partial charge in [-0.2, -0.15) is 0 Å². The van der Waals surface area contributed by atoms with Gasteiger partial charge in [0.25, 0.3) is 0 Å². The first-order valence-corrected chi connectivity index (χ1v) is 8.81. The van der Waals surface area contributed by atoms with Crippen molar-refractivity contribution in [1.82, 2.24) is 4.90 Å². The SMILES string of the molecule is O=C(CCCc1ccccc1)C1=CCCC1C(=O)N1CCCC1. The van der Waals surface area contributed by atoms with Gasteiger partial charge in [0.1, 0.15) is 0 Å². The van der Waals surface area contributed by atoms with E-state index in [1.54, 1.807) is 0 Å². The highest BCUT2D eigenvalue weighted by molar-refractivity contribution is 6.02. The molecular weight excluding hydrogens is 286 g/mol. The van der Waals surface area contributed by atoms with Gasteiger partial charge < -0.3 is 4.90 Å². The van der Waals surface area contributed by atoms with Crippen LogP contribution in [0.2, 0.25) is 0 Å². The van der Waals surface area contributed by atoms with Crippen molar-refractivity contribution >= 4 is 11.7 Å². The van der Waals surface area contributed by atoms with Crippen molar-refractivity contribution < 1.29 is 9.59 Å². The van der Waals surface area contributed by atoms with Crippen molar-refractivity contribution in [3.8, 4) is 0 Å². The van der Waals surface area contributed by atoms with Crippen LogP contribution in [0.15, 0.2) is 42.0 Å². The number of amides is 1. The Kier molecular flexibility index (Phi) is 5.27. The summed E-state index contributed by atoms with van der Waals surface area (Å²) in [5.74, 6) is 0.191. The standard InChI is InChI=1S/C20H25NO2/c22-19(13-6-10-16-8-2-1-3-9-16)17-11-7-12-18(17)20(23)21-14-4-5-15-21/h1-3,8-9,11,18H,4-7,10,12-15H2. The van der Waals surface area contributed by atoms with Crippen molar-refractivity contribution in [2.24, 2.45) is 5.92 Å². The van der Waals surface area contributed by atoms with Crippen LogP contribution in [0.3, 0.4) is 0 Å². The normalized spacial score (nSPS) is 20.6. The first-order chi connectivity index (χ1) is 11.3. The van der Waals surface area contributed by atoms with Crippen LogP contribution in [0.25, 0.3) is 0 Å². The summed E-state index contributed by atoms with van der Waals surface area (Å²) in [5.41, 5.74) is 2.06. The second-order valence-electron chi connectivity index (χ2n) is 6.58. The average Bonchev–Trinajstić information content (AvgIpc) is 3.27. The number of rotatable bonds is 6. The minimum absolute atomic E-state index is 0.169. The Balaban J connectivity index is 1.52. The average molecular weight is 311 g/mol. The molecular formula is C20H25NO2. The van der Waals surface area contributed by atoms with Gasteiger partial charge in [0, 0.05) is 25.1 Å². The van der Waals surface area contributed by atoms with Crippen LogP contribution in [0, 0.1) is 5.92 Å². The summed E-state index contributed by atoms with van der Waals surface area (Å²) in [6, 6.07) is 10.3. The Morgan fingerprint density at radius 2 is 1.83 bits per heavy atom. The molecule has 1 aliphatic carbocycles. The van der Waals surface area contributed by atoms with E-state index in [1.807, 2.05) is 29.2 Å². The van der Waals surface area contributed by atoms with Crippen LogP contribution >= 0.6 is 0 Å². The fourth-order valence-electron chi connectivity index (χ4n) is 3.67. The second-order valence-corrected chi connectivity index (χ2v) is 6.58. The Morgan fingerprint density at radius 3 is 2.57 bits per heavy atom. The quantitative estimate of drug-likeness (QED) is 0.806. The first-order valence-electron chi connectivity index (χ1n) is 8.81. The summed E-state index contributed by atoms with van der Waals surface area (Å²) in [7, 11) is 0. The number of likely N-dealkylation sites (tertiary alicyclic amines) is 1. The number of ketones is 1. The molecule has 0 bridgehead atoms. The first kappa shape index (κ1) is 16.0. The van der Waals surface area contributed by atoms with E-state index in [0.717, 1.165) is 57.2 Å². The molecule has 0 aromatic heterocycles. The number of carbonyl (C=O) groups is 2. The maximum atomic E-state index is 12.6. The van der Waals surface area contributed by atoms with E-state index in [4.69, 9.17) is 0 Å². The number of allylic oxidation sites excluding steroid dienone is 1. The van der Waals surface area contributed by atoms with Gasteiger partial charge >= 0.3 is 0 Å². The highest BCUT2D eigenvalue weighted by Gasteiger charge is 2.33. The molecule has 1 aromatic rings. The Hall–Kier alpha value is -1.90. The maximum Gasteiger partial charge on any atom is 0.230 e.